The lowest BCUT2D eigenvalue weighted by Gasteiger charge is -2.16. The summed E-state index contributed by atoms with van der Waals surface area (Å²) in [6.07, 6.45) is 2.53. The second kappa shape index (κ2) is 7.83. The molecule has 2 aromatic rings. The highest BCUT2D eigenvalue weighted by Crippen LogP contribution is 2.36. The lowest BCUT2D eigenvalue weighted by molar-refractivity contribution is 0.352. The van der Waals surface area contributed by atoms with Gasteiger partial charge in [-0.2, -0.15) is 9.97 Å². The van der Waals surface area contributed by atoms with Crippen molar-refractivity contribution in [2.24, 2.45) is 0 Å². The van der Waals surface area contributed by atoms with Crippen molar-refractivity contribution in [1.29, 1.82) is 0 Å². The largest absolute Gasteiger partial charge is 0.353 e. The Kier molecular flexibility index (Phi) is 5.76. The van der Waals surface area contributed by atoms with Gasteiger partial charge in [0.1, 0.15) is 0 Å². The molecule has 8 heteroatoms. The number of benzene rings is 1. The van der Waals surface area contributed by atoms with E-state index in [1.807, 2.05) is 30.3 Å². The van der Waals surface area contributed by atoms with E-state index in [1.54, 1.807) is 0 Å². The maximum atomic E-state index is 5.97. The molecule has 0 atom stereocenters. The third-order valence-corrected chi connectivity index (χ3v) is 4.34. The molecular weight excluding hydrogens is 369 g/mol. The minimum absolute atomic E-state index is 0.116. The first-order chi connectivity index (χ1) is 11.5. The highest BCUT2D eigenvalue weighted by Gasteiger charge is 2.28. The standard InChI is InChI=1S/C16H18Cl3N5/c17-16(18,19)14-21-13(12-6-2-1-3-7-12)22-15(23-14)20-8-11-24-9-4-5-10-24/h1-3,6-7H,4-5,8-11H2,(H,20,21,22,23). The van der Waals surface area contributed by atoms with Gasteiger partial charge in [0, 0.05) is 18.7 Å². The van der Waals surface area contributed by atoms with Crippen LogP contribution in [0.3, 0.4) is 0 Å². The topological polar surface area (TPSA) is 53.9 Å². The van der Waals surface area contributed by atoms with Crippen molar-refractivity contribution in [3.63, 3.8) is 0 Å². The molecule has 0 saturated carbocycles. The molecule has 0 aliphatic carbocycles. The van der Waals surface area contributed by atoms with E-state index >= 15 is 0 Å². The van der Waals surface area contributed by atoms with Gasteiger partial charge in [-0.25, -0.2) is 4.98 Å². The maximum Gasteiger partial charge on any atom is 0.250 e. The van der Waals surface area contributed by atoms with Gasteiger partial charge in [0.2, 0.25) is 9.74 Å². The molecule has 1 aliphatic rings. The zero-order valence-corrected chi connectivity index (χ0v) is 15.3. The number of anilines is 1. The van der Waals surface area contributed by atoms with E-state index in [2.05, 4.69) is 25.2 Å². The van der Waals surface area contributed by atoms with E-state index in [1.165, 1.54) is 12.8 Å². The minimum atomic E-state index is -1.70. The Morgan fingerprint density at radius 1 is 1.00 bits per heavy atom. The third kappa shape index (κ3) is 4.70. The molecule has 0 unspecified atom stereocenters. The molecule has 0 spiro atoms. The molecule has 1 N–H and O–H groups in total. The fraction of sp³-hybridized carbons (Fsp3) is 0.438. The van der Waals surface area contributed by atoms with Crippen LogP contribution >= 0.6 is 34.8 Å². The zero-order valence-electron chi connectivity index (χ0n) is 13.1. The molecule has 128 valence electrons. The summed E-state index contributed by atoms with van der Waals surface area (Å²) in [6, 6.07) is 9.57. The normalized spacial score (nSPS) is 15.6. The average molecular weight is 387 g/mol. The predicted octanol–water partition coefficient (Wildman–Crippen LogP) is 3.87. The Balaban J connectivity index is 1.79. The van der Waals surface area contributed by atoms with E-state index in [0.29, 0.717) is 11.8 Å². The summed E-state index contributed by atoms with van der Waals surface area (Å²) in [6.45, 7) is 3.97. The third-order valence-electron chi connectivity index (χ3n) is 3.83. The van der Waals surface area contributed by atoms with Gasteiger partial charge in [-0.1, -0.05) is 65.1 Å². The van der Waals surface area contributed by atoms with Crippen LogP contribution in [0.2, 0.25) is 0 Å². The second-order valence-electron chi connectivity index (χ2n) is 5.65. The number of aromatic nitrogens is 3. The first-order valence-electron chi connectivity index (χ1n) is 7.87. The quantitative estimate of drug-likeness (QED) is 0.791. The molecule has 1 saturated heterocycles. The number of alkyl halides is 3. The number of nitrogens with one attached hydrogen (secondary N) is 1. The van der Waals surface area contributed by atoms with Crippen molar-refractivity contribution in [3.8, 4) is 11.4 Å². The number of likely N-dealkylation sites (tertiary alicyclic amines) is 1. The van der Waals surface area contributed by atoms with Crippen LogP contribution in [0.15, 0.2) is 30.3 Å². The van der Waals surface area contributed by atoms with Crippen LogP contribution in [-0.2, 0) is 3.79 Å². The van der Waals surface area contributed by atoms with Crippen molar-refractivity contribution in [3.05, 3.63) is 36.2 Å². The van der Waals surface area contributed by atoms with Crippen molar-refractivity contribution >= 4 is 40.8 Å². The summed E-state index contributed by atoms with van der Waals surface area (Å²) in [7, 11) is 0. The van der Waals surface area contributed by atoms with Gasteiger partial charge < -0.3 is 10.2 Å². The highest BCUT2D eigenvalue weighted by atomic mass is 35.6. The smallest absolute Gasteiger partial charge is 0.250 e. The molecule has 3 rings (SSSR count). The molecule has 1 aliphatic heterocycles. The Labute approximate surface area is 156 Å². The van der Waals surface area contributed by atoms with Crippen molar-refractivity contribution in [2.75, 3.05) is 31.5 Å². The number of halogens is 3. The summed E-state index contributed by atoms with van der Waals surface area (Å²) in [5.41, 5.74) is 0.845. The Morgan fingerprint density at radius 3 is 2.38 bits per heavy atom. The fourth-order valence-corrected chi connectivity index (χ4v) is 2.88. The van der Waals surface area contributed by atoms with Crippen molar-refractivity contribution in [2.45, 2.75) is 16.6 Å². The summed E-state index contributed by atoms with van der Waals surface area (Å²) in [4.78, 5) is 15.4. The number of nitrogens with zero attached hydrogens (tertiary/aromatic N) is 4. The number of rotatable bonds is 5. The maximum absolute atomic E-state index is 5.97. The SMILES string of the molecule is ClC(Cl)(Cl)c1nc(NCCN2CCCC2)nc(-c2ccccc2)n1. The van der Waals surface area contributed by atoms with E-state index in [0.717, 1.165) is 31.7 Å². The van der Waals surface area contributed by atoms with Gasteiger partial charge in [-0.15, -0.1) is 0 Å². The first-order valence-corrected chi connectivity index (χ1v) is 9.01. The lowest BCUT2D eigenvalue weighted by Crippen LogP contribution is -2.26. The Morgan fingerprint density at radius 2 is 1.71 bits per heavy atom. The zero-order chi connectivity index (χ0) is 17.0. The molecular formula is C16H18Cl3N5. The number of hydrogen-bond acceptors (Lipinski definition) is 5. The lowest BCUT2D eigenvalue weighted by atomic mass is 10.2. The van der Waals surface area contributed by atoms with Crippen LogP contribution in [0, 0.1) is 0 Å². The van der Waals surface area contributed by atoms with Crippen LogP contribution in [0.25, 0.3) is 11.4 Å². The van der Waals surface area contributed by atoms with Crippen molar-refractivity contribution < 1.29 is 0 Å². The highest BCUT2D eigenvalue weighted by molar-refractivity contribution is 6.66. The second-order valence-corrected chi connectivity index (χ2v) is 7.93. The van der Waals surface area contributed by atoms with Crippen molar-refractivity contribution in [1.82, 2.24) is 19.9 Å². The molecule has 24 heavy (non-hydrogen) atoms. The Hall–Kier alpha value is -1.14. The Bertz CT molecular complexity index is 669. The summed E-state index contributed by atoms with van der Waals surface area (Å²) < 4.78 is -1.70. The molecule has 0 bridgehead atoms. The predicted molar refractivity (Wildman–Crippen MR) is 98.7 cm³/mol. The summed E-state index contributed by atoms with van der Waals surface area (Å²) >= 11 is 17.9. The van der Waals surface area contributed by atoms with Gasteiger partial charge >= 0.3 is 0 Å². The van der Waals surface area contributed by atoms with E-state index < -0.39 is 3.79 Å². The van der Waals surface area contributed by atoms with Gasteiger partial charge in [-0.3, -0.25) is 0 Å². The summed E-state index contributed by atoms with van der Waals surface area (Å²) in [5, 5.41) is 3.21. The number of hydrogen-bond donors (Lipinski definition) is 1. The minimum Gasteiger partial charge on any atom is -0.353 e. The van der Waals surface area contributed by atoms with Crippen LogP contribution in [0.5, 0.6) is 0 Å². The summed E-state index contributed by atoms with van der Waals surface area (Å²) in [5.74, 6) is 1.02. The molecule has 0 radical (unpaired) electrons. The molecule has 1 fully saturated rings. The van der Waals surface area contributed by atoms with Crippen LogP contribution in [-0.4, -0.2) is 46.0 Å². The van der Waals surface area contributed by atoms with E-state index in [9.17, 15) is 0 Å². The first kappa shape index (κ1) is 17.7. The van der Waals surface area contributed by atoms with Gasteiger partial charge in [0.05, 0.1) is 0 Å². The molecule has 2 heterocycles. The average Bonchev–Trinajstić information content (AvgIpc) is 3.08. The molecule has 1 aromatic carbocycles. The van der Waals surface area contributed by atoms with E-state index in [-0.39, 0.29) is 5.82 Å². The molecule has 5 nitrogen and oxygen atoms in total. The monoisotopic (exact) mass is 385 g/mol. The van der Waals surface area contributed by atoms with Crippen LogP contribution in [0.4, 0.5) is 5.95 Å². The molecule has 1 aromatic heterocycles. The van der Waals surface area contributed by atoms with Gasteiger partial charge in [-0.05, 0) is 25.9 Å². The van der Waals surface area contributed by atoms with Gasteiger partial charge in [0.15, 0.2) is 11.6 Å². The van der Waals surface area contributed by atoms with Crippen LogP contribution < -0.4 is 5.32 Å². The van der Waals surface area contributed by atoms with E-state index in [4.69, 9.17) is 34.8 Å². The van der Waals surface area contributed by atoms with Crippen LogP contribution in [0.1, 0.15) is 18.7 Å². The molecule has 0 amide bonds. The van der Waals surface area contributed by atoms with Gasteiger partial charge in [0.25, 0.3) is 0 Å². The fourth-order valence-electron chi connectivity index (χ4n) is 2.63.